The van der Waals surface area contributed by atoms with Crippen molar-refractivity contribution in [3.63, 3.8) is 0 Å². The SMILES string of the molecule is CCCN(CCN(C)C)c1nc(N)nc(OC)n1. The summed E-state index contributed by atoms with van der Waals surface area (Å²) in [5, 5.41) is 0. The Morgan fingerprint density at radius 1 is 1.11 bits per heavy atom. The number of nitrogens with two attached hydrogens (primary N) is 1. The van der Waals surface area contributed by atoms with Gasteiger partial charge in [0.2, 0.25) is 11.9 Å². The molecule has 1 aromatic heterocycles. The molecule has 7 nitrogen and oxygen atoms in total. The van der Waals surface area contributed by atoms with Crippen LogP contribution in [0.25, 0.3) is 0 Å². The number of nitrogen functional groups attached to an aromatic ring is 1. The van der Waals surface area contributed by atoms with Crippen molar-refractivity contribution in [2.24, 2.45) is 0 Å². The van der Waals surface area contributed by atoms with E-state index in [4.69, 9.17) is 10.5 Å². The molecule has 1 heterocycles. The Bertz CT molecular complexity index is 371. The van der Waals surface area contributed by atoms with Crippen LogP contribution in [0.1, 0.15) is 13.3 Å². The minimum Gasteiger partial charge on any atom is -0.467 e. The molecule has 18 heavy (non-hydrogen) atoms. The number of aromatic nitrogens is 3. The van der Waals surface area contributed by atoms with E-state index in [0.29, 0.717) is 5.95 Å². The number of hydrogen-bond acceptors (Lipinski definition) is 7. The Balaban J connectivity index is 2.86. The highest BCUT2D eigenvalue weighted by Crippen LogP contribution is 2.13. The third kappa shape index (κ3) is 4.33. The lowest BCUT2D eigenvalue weighted by Crippen LogP contribution is -2.33. The second-order valence-electron chi connectivity index (χ2n) is 4.27. The molecule has 0 aromatic carbocycles. The molecule has 0 bridgehead atoms. The minimum atomic E-state index is 0.183. The first-order valence-electron chi connectivity index (χ1n) is 6.02. The van der Waals surface area contributed by atoms with E-state index in [1.165, 1.54) is 7.11 Å². The van der Waals surface area contributed by atoms with Crippen LogP contribution in [0.15, 0.2) is 0 Å². The van der Waals surface area contributed by atoms with Crippen LogP contribution in [0, 0.1) is 0 Å². The number of methoxy groups -OCH3 is 1. The largest absolute Gasteiger partial charge is 0.467 e. The minimum absolute atomic E-state index is 0.183. The normalized spacial score (nSPS) is 10.7. The van der Waals surface area contributed by atoms with E-state index >= 15 is 0 Å². The second kappa shape index (κ2) is 6.95. The number of rotatable bonds is 7. The molecule has 0 aliphatic rings. The zero-order valence-corrected chi connectivity index (χ0v) is 11.6. The van der Waals surface area contributed by atoms with Crippen LogP contribution in [-0.4, -0.2) is 60.7 Å². The summed E-state index contributed by atoms with van der Waals surface area (Å²) in [4.78, 5) is 16.5. The molecule has 1 rings (SSSR count). The van der Waals surface area contributed by atoms with Crippen LogP contribution in [0.3, 0.4) is 0 Å². The second-order valence-corrected chi connectivity index (χ2v) is 4.27. The van der Waals surface area contributed by atoms with E-state index in [9.17, 15) is 0 Å². The first kappa shape index (κ1) is 14.4. The summed E-state index contributed by atoms with van der Waals surface area (Å²) in [6.45, 7) is 4.76. The van der Waals surface area contributed by atoms with Crippen LogP contribution >= 0.6 is 0 Å². The highest BCUT2D eigenvalue weighted by atomic mass is 16.5. The van der Waals surface area contributed by atoms with Gasteiger partial charge in [-0.2, -0.15) is 15.0 Å². The molecule has 0 fully saturated rings. The molecule has 0 unspecified atom stereocenters. The molecule has 2 N–H and O–H groups in total. The lowest BCUT2D eigenvalue weighted by atomic mass is 10.4. The van der Waals surface area contributed by atoms with E-state index in [1.807, 2.05) is 14.1 Å². The van der Waals surface area contributed by atoms with Crippen molar-refractivity contribution < 1.29 is 4.74 Å². The molecule has 0 radical (unpaired) electrons. The summed E-state index contributed by atoms with van der Waals surface area (Å²) in [5.41, 5.74) is 5.65. The van der Waals surface area contributed by atoms with Crippen LogP contribution in [0.4, 0.5) is 11.9 Å². The summed E-state index contributed by atoms with van der Waals surface area (Å²) < 4.78 is 5.01. The van der Waals surface area contributed by atoms with Crippen molar-refractivity contribution in [2.75, 3.05) is 51.5 Å². The summed E-state index contributed by atoms with van der Waals surface area (Å²) >= 11 is 0. The van der Waals surface area contributed by atoms with Crippen LogP contribution in [0.5, 0.6) is 6.01 Å². The van der Waals surface area contributed by atoms with Gasteiger partial charge in [0.05, 0.1) is 7.11 Å². The number of hydrogen-bond donors (Lipinski definition) is 1. The smallest absolute Gasteiger partial charge is 0.322 e. The topological polar surface area (TPSA) is 80.4 Å². The van der Waals surface area contributed by atoms with E-state index in [0.717, 1.165) is 26.1 Å². The van der Waals surface area contributed by atoms with Gasteiger partial charge in [-0.15, -0.1) is 0 Å². The van der Waals surface area contributed by atoms with Gasteiger partial charge in [0, 0.05) is 19.6 Å². The summed E-state index contributed by atoms with van der Waals surface area (Å²) in [7, 11) is 5.58. The van der Waals surface area contributed by atoms with Crippen LogP contribution < -0.4 is 15.4 Å². The van der Waals surface area contributed by atoms with Crippen LogP contribution in [-0.2, 0) is 0 Å². The van der Waals surface area contributed by atoms with Gasteiger partial charge in [0.25, 0.3) is 0 Å². The average Bonchev–Trinajstić information content (AvgIpc) is 2.33. The van der Waals surface area contributed by atoms with Gasteiger partial charge in [0.1, 0.15) is 0 Å². The van der Waals surface area contributed by atoms with E-state index < -0.39 is 0 Å². The molecule has 7 heteroatoms. The highest BCUT2D eigenvalue weighted by Gasteiger charge is 2.12. The fourth-order valence-electron chi connectivity index (χ4n) is 1.50. The predicted molar refractivity (Wildman–Crippen MR) is 71.8 cm³/mol. The average molecular weight is 254 g/mol. The predicted octanol–water partition coefficient (Wildman–Crippen LogP) is 0.240. The van der Waals surface area contributed by atoms with E-state index in [2.05, 4.69) is 31.7 Å². The molecule has 102 valence electrons. The molecule has 0 amide bonds. The first-order chi connectivity index (χ1) is 8.56. The van der Waals surface area contributed by atoms with Crippen molar-refractivity contribution >= 4 is 11.9 Å². The van der Waals surface area contributed by atoms with Crippen molar-refractivity contribution in [3.05, 3.63) is 0 Å². The van der Waals surface area contributed by atoms with Gasteiger partial charge < -0.3 is 20.3 Å². The van der Waals surface area contributed by atoms with Crippen molar-refractivity contribution in [2.45, 2.75) is 13.3 Å². The number of likely N-dealkylation sites (N-methyl/N-ethyl adjacent to an activating group) is 1. The molecule has 0 spiro atoms. The highest BCUT2D eigenvalue weighted by molar-refractivity contribution is 5.35. The fraction of sp³-hybridized carbons (Fsp3) is 0.727. The van der Waals surface area contributed by atoms with Gasteiger partial charge >= 0.3 is 6.01 Å². The monoisotopic (exact) mass is 254 g/mol. The lowest BCUT2D eigenvalue weighted by Gasteiger charge is -2.23. The molecule has 0 aliphatic carbocycles. The quantitative estimate of drug-likeness (QED) is 0.746. The molecule has 0 saturated carbocycles. The van der Waals surface area contributed by atoms with E-state index in [1.54, 1.807) is 0 Å². The Morgan fingerprint density at radius 3 is 2.39 bits per heavy atom. The van der Waals surface area contributed by atoms with Crippen molar-refractivity contribution in [1.29, 1.82) is 0 Å². The summed E-state index contributed by atoms with van der Waals surface area (Å²) in [6.07, 6.45) is 1.02. The van der Waals surface area contributed by atoms with Crippen LogP contribution in [0.2, 0.25) is 0 Å². The van der Waals surface area contributed by atoms with Gasteiger partial charge in [-0.25, -0.2) is 0 Å². The third-order valence-electron chi connectivity index (χ3n) is 2.40. The first-order valence-corrected chi connectivity index (χ1v) is 6.02. The molecular weight excluding hydrogens is 232 g/mol. The van der Waals surface area contributed by atoms with Crippen molar-refractivity contribution in [1.82, 2.24) is 19.9 Å². The molecule has 0 aliphatic heterocycles. The number of ether oxygens (including phenoxy) is 1. The van der Waals surface area contributed by atoms with Gasteiger partial charge in [-0.1, -0.05) is 6.92 Å². The number of nitrogens with zero attached hydrogens (tertiary/aromatic N) is 5. The maximum atomic E-state index is 5.65. The lowest BCUT2D eigenvalue weighted by molar-refractivity contribution is 0.377. The van der Waals surface area contributed by atoms with Gasteiger partial charge in [-0.05, 0) is 20.5 Å². The van der Waals surface area contributed by atoms with E-state index in [-0.39, 0.29) is 12.0 Å². The molecule has 1 aromatic rings. The number of anilines is 2. The Morgan fingerprint density at radius 2 is 1.83 bits per heavy atom. The van der Waals surface area contributed by atoms with Crippen molar-refractivity contribution in [3.8, 4) is 6.01 Å². The fourth-order valence-corrected chi connectivity index (χ4v) is 1.50. The third-order valence-corrected chi connectivity index (χ3v) is 2.40. The molecule has 0 saturated heterocycles. The summed E-state index contributed by atoms with van der Waals surface area (Å²) in [5.74, 6) is 0.755. The zero-order valence-electron chi connectivity index (χ0n) is 11.6. The maximum Gasteiger partial charge on any atom is 0.322 e. The Hall–Kier alpha value is -1.63. The summed E-state index contributed by atoms with van der Waals surface area (Å²) in [6, 6.07) is 0.253. The zero-order chi connectivity index (χ0) is 13.5. The van der Waals surface area contributed by atoms with Gasteiger partial charge in [0.15, 0.2) is 0 Å². The Labute approximate surface area is 108 Å². The Kier molecular flexibility index (Phi) is 5.57. The maximum absolute atomic E-state index is 5.65. The standard InChI is InChI=1S/C11H22N6O/c1-5-6-17(8-7-16(2)3)10-13-9(12)14-11(15-10)18-4/h5-8H2,1-4H3,(H2,12,13,14,15). The van der Waals surface area contributed by atoms with Gasteiger partial charge in [-0.3, -0.25) is 0 Å². The molecule has 0 atom stereocenters. The molecular formula is C11H22N6O.